The third-order valence-corrected chi connectivity index (χ3v) is 1.17. The molecule has 8 radical (unpaired) electrons. The molecule has 1 rings (SSSR count). The van der Waals surface area contributed by atoms with Crippen molar-refractivity contribution in [3.63, 3.8) is 0 Å². The van der Waals surface area contributed by atoms with Gasteiger partial charge in [-0.3, -0.25) is 24.0 Å². The summed E-state index contributed by atoms with van der Waals surface area (Å²) in [6.45, 7) is 18.0. The van der Waals surface area contributed by atoms with Crippen LogP contribution in [-0.2, 0) is 41.0 Å². The summed E-state index contributed by atoms with van der Waals surface area (Å²) >= 11 is 0. The first kappa shape index (κ1) is 30.1. The Morgan fingerprint density at radius 2 is 1.11 bits per heavy atom. The molecule has 98 valence electrons. The average Bonchev–Trinajstić information content (AvgIpc) is 2.54. The van der Waals surface area contributed by atoms with Crippen molar-refractivity contribution in [2.24, 2.45) is 0 Å². The number of rotatable bonds is 2. The summed E-state index contributed by atoms with van der Waals surface area (Å²) in [6.07, 6.45) is 4.02. The SMILES string of the molecule is O=CC=Cc1ccccc1.[C]=O.[C]=O.[C]=O.[C]=O.[Fe]. The van der Waals surface area contributed by atoms with Crippen LogP contribution in [-0.4, -0.2) is 33.4 Å². The van der Waals surface area contributed by atoms with Crippen molar-refractivity contribution in [2.75, 3.05) is 0 Å². The molecule has 0 N–H and O–H groups in total. The van der Waals surface area contributed by atoms with Gasteiger partial charge in [0.05, 0.1) is 0 Å². The molecule has 1 aromatic carbocycles. The van der Waals surface area contributed by atoms with Crippen LogP contribution >= 0.6 is 0 Å². The van der Waals surface area contributed by atoms with Gasteiger partial charge >= 0.3 is 0 Å². The topological polar surface area (TPSA) is 85.3 Å². The third-order valence-electron chi connectivity index (χ3n) is 1.17. The molecule has 0 amide bonds. The van der Waals surface area contributed by atoms with Gasteiger partial charge in [-0.1, -0.05) is 36.4 Å². The Morgan fingerprint density at radius 1 is 0.737 bits per heavy atom. The standard InChI is InChI=1S/C9H8O.4CO.Fe/c10-8-4-7-9-5-2-1-3-6-9;4*1-2;/h1-8H;;;;;. The smallest absolute Gasteiger partial charge is 0.281 e. The van der Waals surface area contributed by atoms with Gasteiger partial charge in [0.2, 0.25) is 0 Å². The molecule has 0 saturated heterocycles. The molecule has 0 fully saturated rings. The number of allylic oxidation sites excluding steroid dienone is 1. The van der Waals surface area contributed by atoms with Crippen LogP contribution in [0, 0.1) is 0 Å². The van der Waals surface area contributed by atoms with Gasteiger partial charge < -0.3 is 0 Å². The second-order valence-corrected chi connectivity index (χ2v) is 1.91. The van der Waals surface area contributed by atoms with E-state index in [-0.39, 0.29) is 17.1 Å². The predicted octanol–water partition coefficient (Wildman–Crippen LogP) is 0.308. The summed E-state index contributed by atoms with van der Waals surface area (Å²) in [4.78, 5) is 39.9. The Bertz CT molecular complexity index is 282. The normalized spacial score (nSPS) is 6.11. The van der Waals surface area contributed by atoms with Gasteiger partial charge in [-0.25, -0.2) is 0 Å². The average molecular weight is 300 g/mol. The van der Waals surface area contributed by atoms with Gasteiger partial charge in [0, 0.05) is 17.1 Å². The molecule has 0 aliphatic heterocycles. The second kappa shape index (κ2) is 44.7. The van der Waals surface area contributed by atoms with E-state index in [9.17, 15) is 4.79 Å². The molecular formula is C13H8FeO5. The molecule has 0 aliphatic rings. The quantitative estimate of drug-likeness (QED) is 0.446. The first-order valence-electron chi connectivity index (χ1n) is 3.92. The molecule has 6 heteroatoms. The van der Waals surface area contributed by atoms with Crippen molar-refractivity contribution >= 4 is 39.5 Å². The molecule has 0 unspecified atom stereocenters. The number of hydrogen-bond acceptors (Lipinski definition) is 5. The summed E-state index contributed by atoms with van der Waals surface area (Å²) < 4.78 is 0. The van der Waals surface area contributed by atoms with Crippen molar-refractivity contribution in [2.45, 2.75) is 0 Å². The molecule has 5 nitrogen and oxygen atoms in total. The van der Waals surface area contributed by atoms with Gasteiger partial charge in [-0.15, -0.1) is 0 Å². The third kappa shape index (κ3) is 31.3. The van der Waals surface area contributed by atoms with E-state index in [0.717, 1.165) is 11.8 Å². The molecule has 0 bridgehead atoms. The number of benzene rings is 1. The van der Waals surface area contributed by atoms with Gasteiger partial charge in [0.25, 0.3) is 27.2 Å². The van der Waals surface area contributed by atoms with Crippen molar-refractivity contribution in [3.05, 3.63) is 42.0 Å². The number of hydrogen-bond donors (Lipinski definition) is 0. The van der Waals surface area contributed by atoms with Crippen molar-refractivity contribution in [1.29, 1.82) is 0 Å². The minimum atomic E-state index is 0. The van der Waals surface area contributed by atoms with Crippen molar-refractivity contribution in [1.82, 2.24) is 0 Å². The summed E-state index contributed by atoms with van der Waals surface area (Å²) in [5.41, 5.74) is 1.05. The van der Waals surface area contributed by atoms with Gasteiger partial charge in [0.1, 0.15) is 6.29 Å². The molecule has 19 heavy (non-hydrogen) atoms. The van der Waals surface area contributed by atoms with Crippen molar-refractivity contribution < 1.29 is 41.0 Å². The van der Waals surface area contributed by atoms with Gasteiger partial charge in [-0.2, -0.15) is 0 Å². The van der Waals surface area contributed by atoms with Crippen LogP contribution in [0.5, 0.6) is 0 Å². The first-order chi connectivity index (χ1) is 8.93. The van der Waals surface area contributed by atoms with Crippen LogP contribution < -0.4 is 0 Å². The van der Waals surface area contributed by atoms with Crippen LogP contribution in [0.25, 0.3) is 6.08 Å². The van der Waals surface area contributed by atoms with E-state index < -0.39 is 0 Å². The Hall–Kier alpha value is -2.17. The molecule has 0 spiro atoms. The first-order valence-corrected chi connectivity index (χ1v) is 3.92. The van der Waals surface area contributed by atoms with E-state index in [1.165, 1.54) is 6.08 Å². The summed E-state index contributed by atoms with van der Waals surface area (Å²) in [5, 5.41) is 0. The molecule has 0 saturated carbocycles. The molecule has 0 aromatic heterocycles. The molecule has 1 aromatic rings. The summed E-state index contributed by atoms with van der Waals surface area (Å²) in [5.74, 6) is 0. The van der Waals surface area contributed by atoms with Gasteiger partial charge in [0.15, 0.2) is 0 Å². The maximum atomic E-state index is 9.89. The molecule has 0 heterocycles. The Labute approximate surface area is 123 Å². The second-order valence-electron chi connectivity index (χ2n) is 1.91. The maximum Gasteiger partial charge on any atom is 0.281 e. The number of carbonyl (C=O) groups excluding carboxylic acids is 5. The Kier molecular flexibility index (Phi) is 70.8. The molecule has 0 atom stereocenters. The fraction of sp³-hybridized carbons (Fsp3) is 0. The summed E-state index contributed by atoms with van der Waals surface area (Å²) in [6, 6.07) is 9.70. The predicted molar refractivity (Wildman–Crippen MR) is 64.3 cm³/mol. The Morgan fingerprint density at radius 3 is 1.42 bits per heavy atom. The fourth-order valence-corrected chi connectivity index (χ4v) is 0.715. The van der Waals surface area contributed by atoms with E-state index >= 15 is 0 Å². The maximum absolute atomic E-state index is 9.89. The van der Waals surface area contributed by atoms with E-state index in [2.05, 4.69) is 27.2 Å². The fourth-order valence-electron chi connectivity index (χ4n) is 0.715. The minimum absolute atomic E-state index is 0. The monoisotopic (exact) mass is 300 g/mol. The Balaban J connectivity index is -0.0000000628. The minimum Gasteiger partial charge on any atom is -0.299 e. The summed E-state index contributed by atoms with van der Waals surface area (Å²) in [7, 11) is 0. The van der Waals surface area contributed by atoms with Crippen LogP contribution in [0.1, 0.15) is 5.56 Å². The zero-order valence-corrected chi connectivity index (χ0v) is 10.6. The van der Waals surface area contributed by atoms with E-state index in [1.54, 1.807) is 6.08 Å². The van der Waals surface area contributed by atoms with Crippen LogP contribution in [0.3, 0.4) is 0 Å². The van der Waals surface area contributed by atoms with E-state index in [4.69, 9.17) is 19.2 Å². The zero-order valence-electron chi connectivity index (χ0n) is 9.51. The van der Waals surface area contributed by atoms with Gasteiger partial charge in [-0.05, 0) is 11.6 Å². The van der Waals surface area contributed by atoms with E-state index in [1.807, 2.05) is 30.3 Å². The largest absolute Gasteiger partial charge is 0.299 e. The number of aldehydes is 1. The molecular weight excluding hydrogens is 292 g/mol. The van der Waals surface area contributed by atoms with E-state index in [0.29, 0.717) is 0 Å². The van der Waals surface area contributed by atoms with Crippen LogP contribution in [0.15, 0.2) is 36.4 Å². The zero-order chi connectivity index (χ0) is 15.2. The van der Waals surface area contributed by atoms with Crippen LogP contribution in [0.2, 0.25) is 0 Å². The number of carbonyl (C=O) groups is 1. The molecule has 0 aliphatic carbocycles. The van der Waals surface area contributed by atoms with Crippen LogP contribution in [0.4, 0.5) is 0 Å². The van der Waals surface area contributed by atoms with Crippen molar-refractivity contribution in [3.8, 4) is 0 Å².